The van der Waals surface area contributed by atoms with E-state index in [4.69, 9.17) is 9.15 Å². The number of carbonyl (C=O) groups excluding carboxylic acids is 2. The SMILES string of the molecule is COC(=O)c1cc2cc(NC(=O)CCc3ncc(-c4cccc(Br)c4)o3)ccc2s1. The third-order valence-corrected chi connectivity index (χ3v) is 6.00. The van der Waals surface area contributed by atoms with Crippen LogP contribution in [-0.2, 0) is 16.0 Å². The van der Waals surface area contributed by atoms with Crippen LogP contribution in [0.25, 0.3) is 21.4 Å². The van der Waals surface area contributed by atoms with Gasteiger partial charge in [-0.1, -0.05) is 28.1 Å². The standard InChI is InChI=1S/C22H17BrN2O4S/c1-28-22(27)19-11-14-10-16(5-6-18(14)30-19)25-20(26)7-8-21-24-12-17(29-21)13-3-2-4-15(23)9-13/h2-6,9-12H,7-8H2,1H3,(H,25,26). The van der Waals surface area contributed by atoms with Crippen LogP contribution in [0.5, 0.6) is 0 Å². The maximum absolute atomic E-state index is 12.3. The van der Waals surface area contributed by atoms with Gasteiger partial charge in [-0.3, -0.25) is 4.79 Å². The van der Waals surface area contributed by atoms with Crippen molar-refractivity contribution in [1.29, 1.82) is 0 Å². The van der Waals surface area contributed by atoms with Crippen LogP contribution in [0, 0.1) is 0 Å². The van der Waals surface area contributed by atoms with E-state index in [0.29, 0.717) is 28.6 Å². The van der Waals surface area contributed by atoms with Gasteiger partial charge in [0.25, 0.3) is 0 Å². The van der Waals surface area contributed by atoms with E-state index in [1.807, 2.05) is 42.5 Å². The molecule has 0 atom stereocenters. The molecule has 0 unspecified atom stereocenters. The zero-order valence-corrected chi connectivity index (χ0v) is 18.4. The number of halogens is 1. The third-order valence-electron chi connectivity index (χ3n) is 4.42. The number of carbonyl (C=O) groups is 2. The highest BCUT2D eigenvalue weighted by Gasteiger charge is 2.12. The minimum atomic E-state index is -0.366. The fourth-order valence-corrected chi connectivity index (χ4v) is 4.33. The van der Waals surface area contributed by atoms with Gasteiger partial charge in [-0.2, -0.15) is 0 Å². The first kappa shape index (κ1) is 20.3. The van der Waals surface area contributed by atoms with Crippen molar-refractivity contribution < 1.29 is 18.7 Å². The molecule has 0 saturated heterocycles. The topological polar surface area (TPSA) is 81.4 Å². The average molecular weight is 485 g/mol. The van der Waals surface area contributed by atoms with Crippen LogP contribution in [-0.4, -0.2) is 24.0 Å². The Morgan fingerprint density at radius 2 is 2.07 bits per heavy atom. The molecule has 1 amide bonds. The molecule has 4 aromatic rings. The number of oxazole rings is 1. The summed E-state index contributed by atoms with van der Waals surface area (Å²) >= 11 is 4.79. The molecule has 0 radical (unpaired) electrons. The molecule has 2 heterocycles. The quantitative estimate of drug-likeness (QED) is 0.356. The predicted molar refractivity (Wildman–Crippen MR) is 120 cm³/mol. The Hall–Kier alpha value is -2.97. The Balaban J connectivity index is 1.37. The summed E-state index contributed by atoms with van der Waals surface area (Å²) in [6, 6.07) is 15.0. The zero-order valence-electron chi connectivity index (χ0n) is 16.0. The monoisotopic (exact) mass is 484 g/mol. The first-order valence-electron chi connectivity index (χ1n) is 9.14. The number of nitrogens with zero attached hydrogens (tertiary/aromatic N) is 1. The largest absolute Gasteiger partial charge is 0.465 e. The van der Waals surface area contributed by atoms with Crippen molar-refractivity contribution in [2.75, 3.05) is 12.4 Å². The zero-order chi connectivity index (χ0) is 21.1. The Morgan fingerprint density at radius 3 is 2.87 bits per heavy atom. The van der Waals surface area contributed by atoms with Crippen LogP contribution in [0.1, 0.15) is 22.0 Å². The molecule has 1 N–H and O–H groups in total. The average Bonchev–Trinajstić information content (AvgIpc) is 3.38. The molecular weight excluding hydrogens is 468 g/mol. The van der Waals surface area contributed by atoms with Gasteiger partial charge in [0.1, 0.15) is 4.88 Å². The number of thiophene rings is 1. The number of hydrogen-bond acceptors (Lipinski definition) is 6. The second-order valence-corrected chi connectivity index (χ2v) is 8.53. The van der Waals surface area contributed by atoms with Gasteiger partial charge in [0.15, 0.2) is 11.7 Å². The highest BCUT2D eigenvalue weighted by Crippen LogP contribution is 2.29. The van der Waals surface area contributed by atoms with Crippen LogP contribution in [0.2, 0.25) is 0 Å². The number of aromatic nitrogens is 1. The Kier molecular flexibility index (Phi) is 5.96. The molecule has 0 bridgehead atoms. The van der Waals surface area contributed by atoms with E-state index in [9.17, 15) is 9.59 Å². The first-order valence-corrected chi connectivity index (χ1v) is 10.7. The minimum absolute atomic E-state index is 0.139. The number of fused-ring (bicyclic) bond motifs is 1. The van der Waals surface area contributed by atoms with Gasteiger partial charge in [-0.25, -0.2) is 9.78 Å². The Morgan fingerprint density at radius 1 is 1.20 bits per heavy atom. The summed E-state index contributed by atoms with van der Waals surface area (Å²) in [5, 5.41) is 3.76. The number of hydrogen-bond donors (Lipinski definition) is 1. The normalized spacial score (nSPS) is 10.9. The van der Waals surface area contributed by atoms with Gasteiger partial charge in [0.05, 0.1) is 13.3 Å². The maximum atomic E-state index is 12.3. The maximum Gasteiger partial charge on any atom is 0.348 e. The molecule has 2 aromatic heterocycles. The van der Waals surface area contributed by atoms with E-state index in [2.05, 4.69) is 26.2 Å². The molecule has 0 fully saturated rings. The van der Waals surface area contributed by atoms with Gasteiger partial charge >= 0.3 is 5.97 Å². The summed E-state index contributed by atoms with van der Waals surface area (Å²) in [4.78, 5) is 28.8. The summed E-state index contributed by atoms with van der Waals surface area (Å²) in [5.41, 5.74) is 1.59. The molecule has 4 rings (SSSR count). The van der Waals surface area contributed by atoms with Crippen LogP contribution in [0.15, 0.2) is 63.6 Å². The van der Waals surface area contributed by atoms with Crippen molar-refractivity contribution in [1.82, 2.24) is 4.98 Å². The molecule has 152 valence electrons. The number of esters is 1. The summed E-state index contributed by atoms with van der Waals surface area (Å²) < 4.78 is 12.4. The van der Waals surface area contributed by atoms with Gasteiger partial charge in [-0.05, 0) is 41.8 Å². The van der Waals surface area contributed by atoms with Gasteiger partial charge < -0.3 is 14.5 Å². The highest BCUT2D eigenvalue weighted by molar-refractivity contribution is 9.10. The third kappa shape index (κ3) is 4.60. The smallest absolute Gasteiger partial charge is 0.348 e. The van der Waals surface area contributed by atoms with E-state index >= 15 is 0 Å². The molecule has 0 aliphatic rings. The lowest BCUT2D eigenvalue weighted by Gasteiger charge is -2.04. The molecule has 0 spiro atoms. The number of anilines is 1. The molecule has 0 aliphatic heterocycles. The van der Waals surface area contributed by atoms with E-state index < -0.39 is 0 Å². The summed E-state index contributed by atoms with van der Waals surface area (Å²) in [5.74, 6) is 0.669. The Labute approximate surface area is 185 Å². The Bertz CT molecular complexity index is 1230. The van der Waals surface area contributed by atoms with Gasteiger partial charge in [0, 0.05) is 33.3 Å². The lowest BCUT2D eigenvalue weighted by Crippen LogP contribution is -2.12. The summed E-state index contributed by atoms with van der Waals surface area (Å²) in [7, 11) is 1.36. The minimum Gasteiger partial charge on any atom is -0.465 e. The second-order valence-electron chi connectivity index (χ2n) is 6.53. The number of ether oxygens (including phenoxy) is 1. The lowest BCUT2D eigenvalue weighted by molar-refractivity contribution is -0.116. The summed E-state index contributed by atoms with van der Waals surface area (Å²) in [6.45, 7) is 0. The van der Waals surface area contributed by atoms with Crippen LogP contribution in [0.3, 0.4) is 0 Å². The van der Waals surface area contributed by atoms with Crippen LogP contribution < -0.4 is 5.32 Å². The number of aryl methyl sites for hydroxylation is 1. The number of amides is 1. The predicted octanol–water partition coefficient (Wildman–Crippen LogP) is 5.68. The number of rotatable bonds is 6. The van der Waals surface area contributed by atoms with Gasteiger partial charge in [-0.15, -0.1) is 11.3 Å². The van der Waals surface area contributed by atoms with Crippen molar-refractivity contribution in [2.45, 2.75) is 12.8 Å². The van der Waals surface area contributed by atoms with Crippen molar-refractivity contribution in [2.24, 2.45) is 0 Å². The first-order chi connectivity index (χ1) is 14.5. The lowest BCUT2D eigenvalue weighted by atomic mass is 10.2. The highest BCUT2D eigenvalue weighted by atomic mass is 79.9. The molecule has 6 nitrogen and oxygen atoms in total. The number of methoxy groups -OCH3 is 1. The molecule has 30 heavy (non-hydrogen) atoms. The van der Waals surface area contributed by atoms with E-state index in [1.165, 1.54) is 18.4 Å². The number of nitrogens with one attached hydrogen (secondary N) is 1. The van der Waals surface area contributed by atoms with Crippen molar-refractivity contribution in [3.8, 4) is 11.3 Å². The number of benzene rings is 2. The van der Waals surface area contributed by atoms with Crippen LogP contribution in [0.4, 0.5) is 5.69 Å². The molecular formula is C22H17BrN2O4S. The fourth-order valence-electron chi connectivity index (χ4n) is 2.97. The van der Waals surface area contributed by atoms with E-state index in [-0.39, 0.29) is 18.3 Å². The molecule has 0 saturated carbocycles. The van der Waals surface area contributed by atoms with Crippen molar-refractivity contribution in [3.05, 3.63) is 70.0 Å². The van der Waals surface area contributed by atoms with Crippen LogP contribution >= 0.6 is 27.3 Å². The van der Waals surface area contributed by atoms with Gasteiger partial charge in [0.2, 0.25) is 5.91 Å². The van der Waals surface area contributed by atoms with Crippen molar-refractivity contribution in [3.63, 3.8) is 0 Å². The van der Waals surface area contributed by atoms with Crippen molar-refractivity contribution >= 4 is 54.9 Å². The second kappa shape index (κ2) is 8.81. The molecule has 0 aliphatic carbocycles. The fraction of sp³-hybridized carbons (Fsp3) is 0.136. The van der Waals surface area contributed by atoms with E-state index in [0.717, 1.165) is 20.1 Å². The summed E-state index contributed by atoms with van der Waals surface area (Å²) in [6.07, 6.45) is 2.30. The van der Waals surface area contributed by atoms with E-state index in [1.54, 1.807) is 12.3 Å². The molecule has 2 aromatic carbocycles. The molecule has 8 heteroatoms.